The second-order valence-corrected chi connectivity index (χ2v) is 8.80. The first-order valence-corrected chi connectivity index (χ1v) is 12.0. The van der Waals surface area contributed by atoms with Crippen LogP contribution in [0.25, 0.3) is 0 Å². The van der Waals surface area contributed by atoms with Crippen LogP contribution in [0.3, 0.4) is 0 Å². The molecule has 13 nitrogen and oxygen atoms in total. The van der Waals surface area contributed by atoms with Gasteiger partial charge in [-0.05, 0) is 36.1 Å². The second-order valence-electron chi connectivity index (χ2n) is 8.80. The molecule has 9 N–H and O–H groups in total. The first-order chi connectivity index (χ1) is 18.5. The fourth-order valence-corrected chi connectivity index (χ4v) is 3.58. The zero-order chi connectivity index (χ0) is 28.9. The molecule has 0 aliphatic heterocycles. The Balaban J connectivity index is 2.13. The predicted octanol–water partition coefficient (Wildman–Crippen LogP) is -1.10. The lowest BCUT2D eigenvalue weighted by molar-refractivity contribution is -0.143. The van der Waals surface area contributed by atoms with Gasteiger partial charge in [-0.25, -0.2) is 4.79 Å². The highest BCUT2D eigenvalue weighted by Gasteiger charge is 2.30. The summed E-state index contributed by atoms with van der Waals surface area (Å²) in [5.41, 5.74) is 7.38. The topological polar surface area (TPSA) is 228 Å². The summed E-state index contributed by atoms with van der Waals surface area (Å²) in [6, 6.07) is 9.36. The molecule has 2 rings (SSSR count). The van der Waals surface area contributed by atoms with Crippen molar-refractivity contribution in [2.24, 2.45) is 5.73 Å². The van der Waals surface area contributed by atoms with Crippen molar-refractivity contribution in [3.05, 3.63) is 65.7 Å². The Kier molecular flexibility index (Phi) is 11.9. The van der Waals surface area contributed by atoms with Crippen molar-refractivity contribution in [1.82, 2.24) is 16.0 Å². The van der Waals surface area contributed by atoms with Crippen LogP contribution in [0.1, 0.15) is 24.0 Å². The zero-order valence-electron chi connectivity index (χ0n) is 20.9. The maximum atomic E-state index is 13.1. The van der Waals surface area contributed by atoms with Gasteiger partial charge in [-0.3, -0.25) is 19.2 Å². The number of carboxylic acid groups (broad SMARTS) is 2. The number of aliphatic carboxylic acids is 2. The Labute approximate surface area is 224 Å². The number of rotatable bonds is 15. The third kappa shape index (κ3) is 10.4. The number of phenols is 1. The molecular formula is C26H32N4O9. The summed E-state index contributed by atoms with van der Waals surface area (Å²) in [6.45, 7) is -0.894. The van der Waals surface area contributed by atoms with Crippen molar-refractivity contribution in [2.75, 3.05) is 6.61 Å². The lowest BCUT2D eigenvalue weighted by Gasteiger charge is -2.24. The number of nitrogens with two attached hydrogens (primary N) is 1. The smallest absolute Gasteiger partial charge is 0.326 e. The number of nitrogens with one attached hydrogen (secondary N) is 3. The number of carbonyl (C=O) groups excluding carboxylic acids is 3. The van der Waals surface area contributed by atoms with Crippen LogP contribution >= 0.6 is 0 Å². The maximum absolute atomic E-state index is 13.1. The molecule has 39 heavy (non-hydrogen) atoms. The SMILES string of the molecule is NC(Cc1ccc(O)cc1)C(=O)NC(Cc1ccccc1)C(=O)NC(CO)C(=O)NC(CCC(=O)O)C(=O)O. The Morgan fingerprint density at radius 2 is 1.26 bits per heavy atom. The quantitative estimate of drug-likeness (QED) is 0.135. The number of amides is 3. The van der Waals surface area contributed by atoms with Crippen LogP contribution < -0.4 is 21.7 Å². The molecule has 0 spiro atoms. The lowest BCUT2D eigenvalue weighted by Crippen LogP contribution is -2.58. The van der Waals surface area contributed by atoms with Crippen LogP contribution in [0.4, 0.5) is 0 Å². The number of hydrogen-bond acceptors (Lipinski definition) is 8. The summed E-state index contributed by atoms with van der Waals surface area (Å²) in [5.74, 6) is -5.23. The molecule has 0 aliphatic rings. The van der Waals surface area contributed by atoms with E-state index >= 15 is 0 Å². The summed E-state index contributed by atoms with van der Waals surface area (Å²) in [4.78, 5) is 60.7. The number of benzene rings is 2. The minimum atomic E-state index is -1.58. The molecule has 0 aromatic heterocycles. The van der Waals surface area contributed by atoms with E-state index in [-0.39, 0.29) is 18.6 Å². The van der Waals surface area contributed by atoms with E-state index in [1.54, 1.807) is 42.5 Å². The van der Waals surface area contributed by atoms with Crippen molar-refractivity contribution in [3.8, 4) is 5.75 Å². The van der Waals surface area contributed by atoms with Gasteiger partial charge in [0.15, 0.2) is 0 Å². The van der Waals surface area contributed by atoms with E-state index in [2.05, 4.69) is 16.0 Å². The zero-order valence-corrected chi connectivity index (χ0v) is 20.9. The first-order valence-electron chi connectivity index (χ1n) is 12.0. The average molecular weight is 545 g/mol. The molecule has 13 heteroatoms. The third-order valence-electron chi connectivity index (χ3n) is 5.72. The summed E-state index contributed by atoms with van der Waals surface area (Å²) in [5, 5.41) is 44.1. The molecule has 210 valence electrons. The third-order valence-corrected chi connectivity index (χ3v) is 5.72. The van der Waals surface area contributed by atoms with Crippen LogP contribution in [0.5, 0.6) is 5.75 Å². The summed E-state index contributed by atoms with van der Waals surface area (Å²) < 4.78 is 0. The molecule has 4 unspecified atom stereocenters. The van der Waals surface area contributed by atoms with Crippen LogP contribution in [0.15, 0.2) is 54.6 Å². The molecule has 0 saturated carbocycles. The van der Waals surface area contributed by atoms with Gasteiger partial charge in [0.05, 0.1) is 12.6 Å². The number of aliphatic hydroxyl groups excluding tert-OH is 1. The van der Waals surface area contributed by atoms with E-state index in [0.29, 0.717) is 11.1 Å². The van der Waals surface area contributed by atoms with Gasteiger partial charge in [0.2, 0.25) is 17.7 Å². The highest BCUT2D eigenvalue weighted by Crippen LogP contribution is 2.11. The molecule has 0 saturated heterocycles. The van der Waals surface area contributed by atoms with Gasteiger partial charge in [0.1, 0.15) is 23.9 Å². The summed E-state index contributed by atoms with van der Waals surface area (Å²) in [7, 11) is 0. The van der Waals surface area contributed by atoms with Crippen molar-refractivity contribution in [2.45, 2.75) is 49.9 Å². The first kappa shape index (κ1) is 30.7. The van der Waals surface area contributed by atoms with E-state index in [0.717, 1.165) is 0 Å². The van der Waals surface area contributed by atoms with Crippen molar-refractivity contribution >= 4 is 29.7 Å². The number of hydrogen-bond donors (Lipinski definition) is 8. The van der Waals surface area contributed by atoms with Crippen molar-refractivity contribution in [1.29, 1.82) is 0 Å². The van der Waals surface area contributed by atoms with Gasteiger partial charge in [-0.2, -0.15) is 0 Å². The number of carboxylic acids is 2. The van der Waals surface area contributed by atoms with Crippen LogP contribution in [-0.2, 0) is 36.8 Å². The molecule has 0 bridgehead atoms. The maximum Gasteiger partial charge on any atom is 0.326 e. The fourth-order valence-electron chi connectivity index (χ4n) is 3.58. The largest absolute Gasteiger partial charge is 0.508 e. The molecular weight excluding hydrogens is 512 g/mol. The number of aromatic hydroxyl groups is 1. The highest BCUT2D eigenvalue weighted by molar-refractivity contribution is 5.94. The van der Waals surface area contributed by atoms with Gasteiger partial charge in [-0.15, -0.1) is 0 Å². The minimum Gasteiger partial charge on any atom is -0.508 e. The van der Waals surface area contributed by atoms with E-state index < -0.39 is 73.3 Å². The van der Waals surface area contributed by atoms with Gasteiger partial charge in [-0.1, -0.05) is 42.5 Å². The summed E-state index contributed by atoms with van der Waals surface area (Å²) in [6.07, 6.45) is -0.808. The Morgan fingerprint density at radius 1 is 0.718 bits per heavy atom. The molecule has 0 fully saturated rings. The Bertz CT molecular complexity index is 1140. The molecule has 0 aliphatic carbocycles. The van der Waals surface area contributed by atoms with Gasteiger partial charge in [0, 0.05) is 12.8 Å². The van der Waals surface area contributed by atoms with Gasteiger partial charge in [0.25, 0.3) is 0 Å². The van der Waals surface area contributed by atoms with Crippen LogP contribution in [-0.4, -0.2) is 80.9 Å². The van der Waals surface area contributed by atoms with Gasteiger partial charge < -0.3 is 42.1 Å². The normalized spacial score (nSPS) is 13.8. The fraction of sp³-hybridized carbons (Fsp3) is 0.346. The number of carbonyl (C=O) groups is 5. The standard InChI is InChI=1S/C26H32N4O9/c27-18(12-16-6-8-17(32)9-7-16)23(35)29-20(13-15-4-2-1-3-5-15)24(36)30-21(14-31)25(37)28-19(26(38)39)10-11-22(33)34/h1-9,18-21,31-32H,10-14,27H2,(H,28,37)(H,29,35)(H,30,36)(H,33,34)(H,38,39). The van der Waals surface area contributed by atoms with E-state index in [4.69, 9.17) is 10.8 Å². The number of phenolic OH excluding ortho intramolecular Hbond substituents is 1. The summed E-state index contributed by atoms with van der Waals surface area (Å²) >= 11 is 0. The highest BCUT2D eigenvalue weighted by atomic mass is 16.4. The molecule has 4 atom stereocenters. The lowest BCUT2D eigenvalue weighted by atomic mass is 10.0. The van der Waals surface area contributed by atoms with Crippen LogP contribution in [0, 0.1) is 0 Å². The molecule has 3 amide bonds. The van der Waals surface area contributed by atoms with E-state index in [1.165, 1.54) is 12.1 Å². The van der Waals surface area contributed by atoms with Crippen molar-refractivity contribution < 1.29 is 44.4 Å². The van der Waals surface area contributed by atoms with Gasteiger partial charge >= 0.3 is 11.9 Å². The molecule has 2 aromatic rings. The molecule has 0 heterocycles. The minimum absolute atomic E-state index is 0.0144. The predicted molar refractivity (Wildman–Crippen MR) is 137 cm³/mol. The number of aliphatic hydroxyl groups is 1. The van der Waals surface area contributed by atoms with E-state index in [1.807, 2.05) is 0 Å². The van der Waals surface area contributed by atoms with E-state index in [9.17, 15) is 39.3 Å². The van der Waals surface area contributed by atoms with Crippen LogP contribution in [0.2, 0.25) is 0 Å². The Hall–Kier alpha value is -4.49. The monoisotopic (exact) mass is 544 g/mol. The molecule has 2 aromatic carbocycles. The Morgan fingerprint density at radius 3 is 1.82 bits per heavy atom. The van der Waals surface area contributed by atoms with Crippen molar-refractivity contribution in [3.63, 3.8) is 0 Å². The molecule has 0 radical (unpaired) electrons. The second kappa shape index (κ2) is 15.1. The average Bonchev–Trinajstić information content (AvgIpc) is 2.90.